The first kappa shape index (κ1) is 13.4. The number of alkyl halides is 4. The first-order valence-corrected chi connectivity index (χ1v) is 4.35. The second kappa shape index (κ2) is 4.68. The van der Waals surface area contributed by atoms with Gasteiger partial charge in [0.2, 0.25) is 5.78 Å². The topological polar surface area (TPSA) is 26.3 Å². The van der Waals surface area contributed by atoms with Gasteiger partial charge < -0.3 is 4.74 Å². The van der Waals surface area contributed by atoms with Crippen LogP contribution in [0.3, 0.4) is 0 Å². The van der Waals surface area contributed by atoms with Crippen molar-refractivity contribution >= 4 is 5.78 Å². The Labute approximate surface area is 93.0 Å². The highest BCUT2D eigenvalue weighted by atomic mass is 19.3. The van der Waals surface area contributed by atoms with E-state index in [-0.39, 0.29) is 0 Å². The Balaban J connectivity index is 3.24. The highest BCUT2D eigenvalue weighted by Gasteiger charge is 2.49. The van der Waals surface area contributed by atoms with Crippen molar-refractivity contribution < 1.29 is 31.5 Å². The quantitative estimate of drug-likeness (QED) is 0.610. The van der Waals surface area contributed by atoms with Gasteiger partial charge in [-0.15, -0.1) is 0 Å². The Morgan fingerprint density at radius 3 is 2.41 bits per heavy atom. The third kappa shape index (κ3) is 2.54. The maximum Gasteiger partial charge on any atom is 0.369 e. The van der Waals surface area contributed by atoms with Crippen molar-refractivity contribution in [2.45, 2.75) is 12.3 Å². The van der Waals surface area contributed by atoms with Crippen LogP contribution in [-0.4, -0.2) is 25.2 Å². The summed E-state index contributed by atoms with van der Waals surface area (Å²) in [6.07, 6.45) is -4.16. The van der Waals surface area contributed by atoms with Crippen LogP contribution in [0.15, 0.2) is 18.2 Å². The fourth-order valence-corrected chi connectivity index (χ4v) is 1.14. The number of carbonyl (C=O) groups excluding carboxylic acids is 1. The van der Waals surface area contributed by atoms with E-state index in [1.165, 1.54) is 0 Å². The van der Waals surface area contributed by atoms with Gasteiger partial charge in [-0.05, 0) is 18.2 Å². The number of ether oxygens (including phenoxy) is 1. The molecular weight excluding hydrogens is 247 g/mol. The fourth-order valence-electron chi connectivity index (χ4n) is 1.14. The van der Waals surface area contributed by atoms with E-state index >= 15 is 0 Å². The van der Waals surface area contributed by atoms with Gasteiger partial charge >= 0.3 is 12.3 Å². The minimum Gasteiger partial charge on any atom is -0.496 e. The Hall–Kier alpha value is -1.66. The van der Waals surface area contributed by atoms with Gasteiger partial charge in [-0.3, -0.25) is 4.79 Å². The van der Waals surface area contributed by atoms with E-state index in [0.29, 0.717) is 6.07 Å². The van der Waals surface area contributed by atoms with Crippen LogP contribution in [0.4, 0.5) is 22.0 Å². The van der Waals surface area contributed by atoms with Crippen molar-refractivity contribution in [3.8, 4) is 5.75 Å². The smallest absolute Gasteiger partial charge is 0.369 e. The summed E-state index contributed by atoms with van der Waals surface area (Å²) in [4.78, 5) is 11.2. The average Bonchev–Trinajstić information content (AvgIpc) is 2.27. The highest BCUT2D eigenvalue weighted by molar-refractivity contribution is 6.03. The predicted octanol–water partition coefficient (Wildman–Crippen LogP) is 2.92. The standard InChI is InChI=1S/C10H7F5O2/c1-17-7-3-2-5(11)4-6(7)8(16)10(14,15)9(12)13/h2-4,9H,1H3. The molecule has 7 heteroatoms. The van der Waals surface area contributed by atoms with Gasteiger partial charge in [0.05, 0.1) is 12.7 Å². The largest absolute Gasteiger partial charge is 0.496 e. The summed E-state index contributed by atoms with van der Waals surface area (Å²) in [6.45, 7) is 0. The molecule has 0 bridgehead atoms. The summed E-state index contributed by atoms with van der Waals surface area (Å²) in [6, 6.07) is 2.19. The molecule has 0 radical (unpaired) electrons. The molecule has 1 aromatic carbocycles. The molecular formula is C10H7F5O2. The molecule has 17 heavy (non-hydrogen) atoms. The number of hydrogen-bond donors (Lipinski definition) is 0. The Morgan fingerprint density at radius 2 is 1.94 bits per heavy atom. The zero-order valence-corrected chi connectivity index (χ0v) is 8.52. The minimum absolute atomic E-state index is 0.392. The Bertz CT molecular complexity index is 431. The van der Waals surface area contributed by atoms with Gasteiger partial charge in [-0.2, -0.15) is 8.78 Å². The van der Waals surface area contributed by atoms with Gasteiger partial charge in [0.15, 0.2) is 0 Å². The van der Waals surface area contributed by atoms with Crippen molar-refractivity contribution in [3.05, 3.63) is 29.6 Å². The van der Waals surface area contributed by atoms with Crippen molar-refractivity contribution in [2.75, 3.05) is 7.11 Å². The summed E-state index contributed by atoms with van der Waals surface area (Å²) in [5, 5.41) is 0. The molecule has 0 aliphatic carbocycles. The molecule has 0 heterocycles. The SMILES string of the molecule is COc1ccc(F)cc1C(=O)C(F)(F)C(F)F. The lowest BCUT2D eigenvalue weighted by Crippen LogP contribution is -2.36. The number of methoxy groups -OCH3 is 1. The maximum atomic E-state index is 12.8. The molecule has 0 amide bonds. The van der Waals surface area contributed by atoms with E-state index in [2.05, 4.69) is 4.74 Å². The van der Waals surface area contributed by atoms with E-state index in [1.54, 1.807) is 0 Å². The van der Waals surface area contributed by atoms with Crippen LogP contribution in [0.5, 0.6) is 5.75 Å². The zero-order chi connectivity index (χ0) is 13.2. The zero-order valence-electron chi connectivity index (χ0n) is 8.52. The minimum atomic E-state index is -4.87. The maximum absolute atomic E-state index is 12.8. The second-order valence-corrected chi connectivity index (χ2v) is 3.10. The molecule has 94 valence electrons. The van der Waals surface area contributed by atoms with E-state index in [1.807, 2.05) is 0 Å². The number of hydrogen-bond acceptors (Lipinski definition) is 2. The molecule has 2 nitrogen and oxygen atoms in total. The molecule has 1 rings (SSSR count). The summed E-state index contributed by atoms with van der Waals surface area (Å²) in [5.41, 5.74) is -0.919. The lowest BCUT2D eigenvalue weighted by Gasteiger charge is -2.15. The monoisotopic (exact) mass is 254 g/mol. The number of ketones is 1. The molecule has 0 N–H and O–H groups in total. The second-order valence-electron chi connectivity index (χ2n) is 3.10. The summed E-state index contributed by atoms with van der Waals surface area (Å²) in [7, 11) is 1.05. The molecule has 0 aliphatic rings. The molecule has 0 saturated carbocycles. The van der Waals surface area contributed by atoms with Crippen LogP contribution in [0.1, 0.15) is 10.4 Å². The van der Waals surface area contributed by atoms with Crippen LogP contribution in [0.2, 0.25) is 0 Å². The van der Waals surface area contributed by atoms with Gasteiger partial charge in [0, 0.05) is 0 Å². The van der Waals surface area contributed by atoms with Crippen molar-refractivity contribution in [1.29, 1.82) is 0 Å². The van der Waals surface area contributed by atoms with Crippen LogP contribution in [0, 0.1) is 5.82 Å². The highest BCUT2D eigenvalue weighted by Crippen LogP contribution is 2.31. The van der Waals surface area contributed by atoms with E-state index < -0.39 is 35.3 Å². The molecule has 0 saturated heterocycles. The molecule has 0 fully saturated rings. The van der Waals surface area contributed by atoms with Crippen LogP contribution < -0.4 is 4.74 Å². The van der Waals surface area contributed by atoms with Crippen molar-refractivity contribution in [2.24, 2.45) is 0 Å². The normalized spacial score (nSPS) is 11.7. The van der Waals surface area contributed by atoms with E-state index in [4.69, 9.17) is 0 Å². The van der Waals surface area contributed by atoms with Gasteiger partial charge in [0.1, 0.15) is 11.6 Å². The number of rotatable bonds is 4. The molecule has 0 aromatic heterocycles. The lowest BCUT2D eigenvalue weighted by atomic mass is 10.0. The van der Waals surface area contributed by atoms with E-state index in [0.717, 1.165) is 19.2 Å². The molecule has 0 unspecified atom stereocenters. The Kier molecular flexibility index (Phi) is 3.69. The fraction of sp³-hybridized carbons (Fsp3) is 0.300. The molecule has 0 aliphatic heterocycles. The number of halogens is 5. The van der Waals surface area contributed by atoms with Gasteiger partial charge in [-0.25, -0.2) is 13.2 Å². The number of benzene rings is 1. The third-order valence-corrected chi connectivity index (χ3v) is 1.98. The average molecular weight is 254 g/mol. The first-order valence-electron chi connectivity index (χ1n) is 4.35. The van der Waals surface area contributed by atoms with Crippen LogP contribution >= 0.6 is 0 Å². The molecule has 0 atom stereocenters. The molecule has 1 aromatic rings. The van der Waals surface area contributed by atoms with Crippen molar-refractivity contribution in [1.82, 2.24) is 0 Å². The van der Waals surface area contributed by atoms with E-state index in [9.17, 15) is 26.7 Å². The Morgan fingerprint density at radius 1 is 1.35 bits per heavy atom. The predicted molar refractivity (Wildman–Crippen MR) is 48.2 cm³/mol. The first-order chi connectivity index (χ1) is 7.80. The van der Waals surface area contributed by atoms with Crippen LogP contribution in [-0.2, 0) is 0 Å². The summed E-state index contributed by atoms with van der Waals surface area (Å²) < 4.78 is 66.9. The van der Waals surface area contributed by atoms with Crippen LogP contribution in [0.25, 0.3) is 0 Å². The summed E-state index contributed by atoms with van der Waals surface area (Å²) >= 11 is 0. The summed E-state index contributed by atoms with van der Waals surface area (Å²) in [5.74, 6) is -8.44. The third-order valence-electron chi connectivity index (χ3n) is 1.98. The van der Waals surface area contributed by atoms with Gasteiger partial charge in [0.25, 0.3) is 0 Å². The molecule has 0 spiro atoms. The van der Waals surface area contributed by atoms with Crippen molar-refractivity contribution in [3.63, 3.8) is 0 Å². The van der Waals surface area contributed by atoms with Gasteiger partial charge in [-0.1, -0.05) is 0 Å². The number of Topliss-reactive ketones (excluding diaryl/α,β-unsaturated/α-hetero) is 1. The lowest BCUT2D eigenvalue weighted by molar-refractivity contribution is -0.0959. The number of carbonyl (C=O) groups is 1.